The highest BCUT2D eigenvalue weighted by molar-refractivity contribution is 5.03. The van der Waals surface area contributed by atoms with Crippen LogP contribution in [0.15, 0.2) is 12.4 Å². The second-order valence-electron chi connectivity index (χ2n) is 5.46. The zero-order chi connectivity index (χ0) is 12.3. The molecule has 0 spiro atoms. The highest BCUT2D eigenvalue weighted by Crippen LogP contribution is 2.29. The summed E-state index contributed by atoms with van der Waals surface area (Å²) in [5, 5.41) is 8.01. The third-order valence-electron chi connectivity index (χ3n) is 4.29. The van der Waals surface area contributed by atoms with E-state index in [1.165, 1.54) is 24.8 Å². The van der Waals surface area contributed by atoms with Gasteiger partial charge in [0.15, 0.2) is 0 Å². The van der Waals surface area contributed by atoms with Crippen LogP contribution in [0.2, 0.25) is 0 Å². The molecule has 0 amide bonds. The van der Waals surface area contributed by atoms with Gasteiger partial charge in [0.2, 0.25) is 0 Å². The van der Waals surface area contributed by atoms with Crippen LogP contribution in [-0.4, -0.2) is 15.8 Å². The van der Waals surface area contributed by atoms with Gasteiger partial charge < -0.3 is 5.32 Å². The molecular weight excluding hydrogens is 210 g/mol. The minimum Gasteiger partial charge on any atom is -0.310 e. The SMILES string of the molecule is CCn1cc(CNC2CCCC(C)C2C)cn1. The number of nitrogens with zero attached hydrogens (tertiary/aromatic N) is 2. The maximum absolute atomic E-state index is 4.31. The van der Waals surface area contributed by atoms with E-state index < -0.39 is 0 Å². The first kappa shape index (κ1) is 12.6. The highest BCUT2D eigenvalue weighted by atomic mass is 15.3. The van der Waals surface area contributed by atoms with E-state index in [0.717, 1.165) is 24.9 Å². The van der Waals surface area contributed by atoms with E-state index in [-0.39, 0.29) is 0 Å². The van der Waals surface area contributed by atoms with Gasteiger partial charge in [-0.25, -0.2) is 0 Å². The molecule has 1 heterocycles. The fourth-order valence-corrected chi connectivity index (χ4v) is 2.79. The van der Waals surface area contributed by atoms with Gasteiger partial charge in [0.1, 0.15) is 0 Å². The molecule has 0 aliphatic heterocycles. The van der Waals surface area contributed by atoms with Crippen LogP contribution in [0.3, 0.4) is 0 Å². The lowest BCUT2D eigenvalue weighted by Crippen LogP contribution is -2.40. The van der Waals surface area contributed by atoms with E-state index in [4.69, 9.17) is 0 Å². The Hall–Kier alpha value is -0.830. The summed E-state index contributed by atoms with van der Waals surface area (Å²) in [4.78, 5) is 0. The Kier molecular flexibility index (Phi) is 4.21. The molecule has 17 heavy (non-hydrogen) atoms. The molecular formula is C14H25N3. The Balaban J connectivity index is 1.84. The summed E-state index contributed by atoms with van der Waals surface area (Å²) in [5.74, 6) is 1.66. The van der Waals surface area contributed by atoms with Crippen LogP contribution in [0.5, 0.6) is 0 Å². The van der Waals surface area contributed by atoms with E-state index in [1.54, 1.807) is 0 Å². The average molecular weight is 235 g/mol. The molecule has 0 bridgehead atoms. The quantitative estimate of drug-likeness (QED) is 0.869. The predicted octanol–water partition coefficient (Wildman–Crippen LogP) is 2.82. The lowest BCUT2D eigenvalue weighted by molar-refractivity contribution is 0.206. The summed E-state index contributed by atoms with van der Waals surface area (Å²) >= 11 is 0. The lowest BCUT2D eigenvalue weighted by atomic mass is 9.78. The number of aromatic nitrogens is 2. The molecule has 1 N–H and O–H groups in total. The summed E-state index contributed by atoms with van der Waals surface area (Å²) < 4.78 is 1.99. The van der Waals surface area contributed by atoms with Crippen molar-refractivity contribution in [2.45, 2.75) is 59.2 Å². The molecule has 3 nitrogen and oxygen atoms in total. The molecule has 96 valence electrons. The van der Waals surface area contributed by atoms with Gasteiger partial charge in [-0.05, 0) is 25.2 Å². The fraction of sp³-hybridized carbons (Fsp3) is 0.786. The van der Waals surface area contributed by atoms with Crippen molar-refractivity contribution >= 4 is 0 Å². The molecule has 3 heteroatoms. The number of hydrogen-bond donors (Lipinski definition) is 1. The first-order valence-corrected chi connectivity index (χ1v) is 6.95. The van der Waals surface area contributed by atoms with Crippen molar-refractivity contribution in [1.29, 1.82) is 0 Å². The molecule has 0 saturated heterocycles. The van der Waals surface area contributed by atoms with Crippen molar-refractivity contribution in [2.75, 3.05) is 0 Å². The summed E-state index contributed by atoms with van der Waals surface area (Å²) in [7, 11) is 0. The normalized spacial score (nSPS) is 29.5. The van der Waals surface area contributed by atoms with Gasteiger partial charge in [0.05, 0.1) is 6.20 Å². The lowest BCUT2D eigenvalue weighted by Gasteiger charge is -2.34. The van der Waals surface area contributed by atoms with Gasteiger partial charge in [-0.2, -0.15) is 5.10 Å². The number of rotatable bonds is 4. The molecule has 2 rings (SSSR count). The van der Waals surface area contributed by atoms with Crippen molar-refractivity contribution in [2.24, 2.45) is 11.8 Å². The first-order valence-electron chi connectivity index (χ1n) is 6.95. The minimum atomic E-state index is 0.684. The summed E-state index contributed by atoms with van der Waals surface area (Å²) in [6.07, 6.45) is 8.22. The fourth-order valence-electron chi connectivity index (χ4n) is 2.79. The Bertz CT molecular complexity index is 345. The molecule has 1 saturated carbocycles. The Labute approximate surface area is 105 Å². The van der Waals surface area contributed by atoms with Gasteiger partial charge >= 0.3 is 0 Å². The Morgan fingerprint density at radius 2 is 2.24 bits per heavy atom. The van der Waals surface area contributed by atoms with Gasteiger partial charge in [-0.1, -0.05) is 26.7 Å². The predicted molar refractivity (Wildman–Crippen MR) is 70.7 cm³/mol. The molecule has 1 fully saturated rings. The van der Waals surface area contributed by atoms with Crippen LogP contribution < -0.4 is 5.32 Å². The molecule has 1 aliphatic carbocycles. The van der Waals surface area contributed by atoms with E-state index >= 15 is 0 Å². The zero-order valence-corrected chi connectivity index (χ0v) is 11.3. The smallest absolute Gasteiger partial charge is 0.0534 e. The molecule has 1 aromatic heterocycles. The molecule has 3 atom stereocenters. The largest absolute Gasteiger partial charge is 0.310 e. The van der Waals surface area contributed by atoms with Crippen LogP contribution in [0.25, 0.3) is 0 Å². The van der Waals surface area contributed by atoms with Gasteiger partial charge in [0, 0.05) is 30.9 Å². The third-order valence-corrected chi connectivity index (χ3v) is 4.29. The number of aryl methyl sites for hydroxylation is 1. The highest BCUT2D eigenvalue weighted by Gasteiger charge is 2.26. The molecule has 0 aromatic carbocycles. The number of hydrogen-bond acceptors (Lipinski definition) is 2. The standard InChI is InChI=1S/C14H25N3/c1-4-17-10-13(9-16-17)8-15-14-7-5-6-11(2)12(14)3/h9-12,14-15H,4-8H2,1-3H3. The molecule has 1 aliphatic rings. The Morgan fingerprint density at radius 1 is 1.41 bits per heavy atom. The zero-order valence-electron chi connectivity index (χ0n) is 11.3. The third kappa shape index (κ3) is 3.09. The van der Waals surface area contributed by atoms with Crippen molar-refractivity contribution in [3.63, 3.8) is 0 Å². The van der Waals surface area contributed by atoms with Crippen LogP contribution >= 0.6 is 0 Å². The molecule has 3 unspecified atom stereocenters. The van der Waals surface area contributed by atoms with Crippen LogP contribution in [0, 0.1) is 11.8 Å². The van der Waals surface area contributed by atoms with Crippen molar-refractivity contribution in [3.8, 4) is 0 Å². The summed E-state index contributed by atoms with van der Waals surface area (Å²) in [5.41, 5.74) is 1.30. The maximum atomic E-state index is 4.31. The monoisotopic (exact) mass is 235 g/mol. The van der Waals surface area contributed by atoms with Crippen molar-refractivity contribution in [1.82, 2.24) is 15.1 Å². The van der Waals surface area contributed by atoms with E-state index in [2.05, 4.69) is 37.4 Å². The van der Waals surface area contributed by atoms with Gasteiger partial charge in [-0.15, -0.1) is 0 Å². The Morgan fingerprint density at radius 3 is 2.94 bits per heavy atom. The molecule has 0 radical (unpaired) electrons. The number of nitrogens with one attached hydrogen (secondary N) is 1. The van der Waals surface area contributed by atoms with Crippen molar-refractivity contribution in [3.05, 3.63) is 18.0 Å². The van der Waals surface area contributed by atoms with Crippen LogP contribution in [0.4, 0.5) is 0 Å². The minimum absolute atomic E-state index is 0.684. The van der Waals surface area contributed by atoms with Crippen molar-refractivity contribution < 1.29 is 0 Å². The first-order chi connectivity index (χ1) is 8.20. The van der Waals surface area contributed by atoms with Crippen LogP contribution in [0.1, 0.15) is 45.6 Å². The molecule has 1 aromatic rings. The maximum Gasteiger partial charge on any atom is 0.0534 e. The topological polar surface area (TPSA) is 29.9 Å². The van der Waals surface area contributed by atoms with E-state index in [1.807, 2.05) is 10.9 Å². The van der Waals surface area contributed by atoms with E-state index in [9.17, 15) is 0 Å². The van der Waals surface area contributed by atoms with Gasteiger partial charge in [0.25, 0.3) is 0 Å². The second kappa shape index (κ2) is 5.67. The van der Waals surface area contributed by atoms with Crippen LogP contribution in [-0.2, 0) is 13.1 Å². The average Bonchev–Trinajstić information content (AvgIpc) is 2.79. The van der Waals surface area contributed by atoms with E-state index in [0.29, 0.717) is 6.04 Å². The second-order valence-corrected chi connectivity index (χ2v) is 5.46. The summed E-state index contributed by atoms with van der Waals surface area (Å²) in [6.45, 7) is 8.80. The van der Waals surface area contributed by atoms with Gasteiger partial charge in [-0.3, -0.25) is 4.68 Å². The summed E-state index contributed by atoms with van der Waals surface area (Å²) in [6, 6.07) is 0.684.